The van der Waals surface area contributed by atoms with Crippen LogP contribution in [0.3, 0.4) is 0 Å². The fourth-order valence-electron chi connectivity index (χ4n) is 1.91. The van der Waals surface area contributed by atoms with Gasteiger partial charge in [0.15, 0.2) is 11.5 Å². The summed E-state index contributed by atoms with van der Waals surface area (Å²) in [7, 11) is 1.67. The third-order valence-electron chi connectivity index (χ3n) is 2.70. The molecule has 2 heteroatoms. The van der Waals surface area contributed by atoms with Gasteiger partial charge in [-0.15, -0.1) is 0 Å². The van der Waals surface area contributed by atoms with Gasteiger partial charge in [0, 0.05) is 5.39 Å². The summed E-state index contributed by atoms with van der Waals surface area (Å²) in [6.07, 6.45) is 1.84. The van der Waals surface area contributed by atoms with Crippen molar-refractivity contribution < 1.29 is 9.47 Å². The van der Waals surface area contributed by atoms with E-state index in [9.17, 15) is 0 Å². The van der Waals surface area contributed by atoms with E-state index in [0.717, 1.165) is 27.8 Å². The van der Waals surface area contributed by atoms with Gasteiger partial charge >= 0.3 is 0 Å². The molecule has 88 valence electrons. The van der Waals surface area contributed by atoms with Crippen LogP contribution in [-0.4, -0.2) is 13.7 Å². The molecule has 2 rings (SSSR count). The number of fused-ring (bicyclic) bond motifs is 1. The Kier molecular flexibility index (Phi) is 3.33. The molecule has 0 spiro atoms. The molecule has 0 aliphatic rings. The third kappa shape index (κ3) is 2.11. The van der Waals surface area contributed by atoms with E-state index in [-0.39, 0.29) is 0 Å². The summed E-state index contributed by atoms with van der Waals surface area (Å²) < 4.78 is 11.0. The Balaban J connectivity index is 2.64. The minimum absolute atomic E-state index is 0.632. The molecule has 0 aliphatic carbocycles. The number of ether oxygens (including phenoxy) is 2. The van der Waals surface area contributed by atoms with Crippen LogP contribution in [0.15, 0.2) is 36.9 Å². The van der Waals surface area contributed by atoms with Gasteiger partial charge in [-0.3, -0.25) is 0 Å². The first-order valence-electron chi connectivity index (χ1n) is 5.66. The second kappa shape index (κ2) is 4.91. The van der Waals surface area contributed by atoms with Crippen molar-refractivity contribution in [2.45, 2.75) is 6.92 Å². The largest absolute Gasteiger partial charge is 0.492 e. The molecule has 0 saturated heterocycles. The minimum atomic E-state index is 0.632. The maximum absolute atomic E-state index is 5.55. The zero-order valence-electron chi connectivity index (χ0n) is 10.2. The fourth-order valence-corrected chi connectivity index (χ4v) is 1.91. The molecule has 2 aromatic rings. The van der Waals surface area contributed by atoms with E-state index in [1.54, 1.807) is 7.11 Å². The van der Waals surface area contributed by atoms with Crippen LogP contribution in [0.4, 0.5) is 0 Å². The highest BCUT2D eigenvalue weighted by Gasteiger charge is 2.08. The van der Waals surface area contributed by atoms with Crippen molar-refractivity contribution in [3.05, 3.63) is 42.5 Å². The predicted octanol–water partition coefficient (Wildman–Crippen LogP) is 3.89. The quantitative estimate of drug-likeness (QED) is 0.790. The molecule has 0 N–H and O–H groups in total. The lowest BCUT2D eigenvalue weighted by Gasteiger charge is -2.12. The molecular formula is C15H16O2. The highest BCUT2D eigenvalue weighted by Crippen LogP contribution is 2.35. The number of rotatable bonds is 4. The van der Waals surface area contributed by atoms with Gasteiger partial charge in [-0.1, -0.05) is 24.8 Å². The molecule has 0 aromatic heterocycles. The standard InChI is InChI=1S/C15H16O2/c1-4-11-6-8-13-12(10-11)7-9-14(17-5-2)15(13)16-3/h4,6-10H,1,5H2,2-3H3. The van der Waals surface area contributed by atoms with Crippen LogP contribution in [0, 0.1) is 0 Å². The van der Waals surface area contributed by atoms with Gasteiger partial charge in [0.1, 0.15) is 0 Å². The lowest BCUT2D eigenvalue weighted by atomic mass is 10.1. The minimum Gasteiger partial charge on any atom is -0.492 e. The summed E-state index contributed by atoms with van der Waals surface area (Å²) in [6, 6.07) is 10.1. The maximum Gasteiger partial charge on any atom is 0.168 e. The van der Waals surface area contributed by atoms with Crippen LogP contribution in [0.5, 0.6) is 11.5 Å². The molecule has 0 saturated carbocycles. The van der Waals surface area contributed by atoms with Crippen molar-refractivity contribution in [1.82, 2.24) is 0 Å². The predicted molar refractivity (Wildman–Crippen MR) is 71.8 cm³/mol. The first-order valence-corrected chi connectivity index (χ1v) is 5.66. The first-order chi connectivity index (χ1) is 8.30. The Hall–Kier alpha value is -1.96. The molecule has 0 aliphatic heterocycles. The van der Waals surface area contributed by atoms with Gasteiger partial charge < -0.3 is 9.47 Å². The van der Waals surface area contributed by atoms with Gasteiger partial charge in [-0.05, 0) is 36.1 Å². The Morgan fingerprint density at radius 2 is 2.06 bits per heavy atom. The van der Waals surface area contributed by atoms with Crippen molar-refractivity contribution in [3.63, 3.8) is 0 Å². The number of benzene rings is 2. The Morgan fingerprint density at radius 1 is 1.24 bits per heavy atom. The number of methoxy groups -OCH3 is 1. The SMILES string of the molecule is C=Cc1ccc2c(OC)c(OCC)ccc2c1. The van der Waals surface area contributed by atoms with Crippen LogP contribution < -0.4 is 9.47 Å². The second-order valence-corrected chi connectivity index (χ2v) is 3.71. The average molecular weight is 228 g/mol. The summed E-state index contributed by atoms with van der Waals surface area (Å²) in [4.78, 5) is 0. The second-order valence-electron chi connectivity index (χ2n) is 3.71. The first kappa shape index (κ1) is 11.5. The van der Waals surface area contributed by atoms with E-state index in [1.807, 2.05) is 37.3 Å². The highest BCUT2D eigenvalue weighted by atomic mass is 16.5. The van der Waals surface area contributed by atoms with Crippen molar-refractivity contribution in [1.29, 1.82) is 0 Å². The summed E-state index contributed by atoms with van der Waals surface area (Å²) in [5, 5.41) is 2.19. The van der Waals surface area contributed by atoms with E-state index in [2.05, 4.69) is 12.6 Å². The van der Waals surface area contributed by atoms with Crippen molar-refractivity contribution >= 4 is 16.8 Å². The summed E-state index contributed by atoms with van der Waals surface area (Å²) in [5.74, 6) is 1.58. The van der Waals surface area contributed by atoms with Crippen molar-refractivity contribution in [2.75, 3.05) is 13.7 Å². The summed E-state index contributed by atoms with van der Waals surface area (Å²) >= 11 is 0. The molecule has 17 heavy (non-hydrogen) atoms. The van der Waals surface area contributed by atoms with Gasteiger partial charge in [0.25, 0.3) is 0 Å². The smallest absolute Gasteiger partial charge is 0.168 e. The average Bonchev–Trinajstić information content (AvgIpc) is 2.38. The molecule has 0 radical (unpaired) electrons. The van der Waals surface area contributed by atoms with E-state index >= 15 is 0 Å². The topological polar surface area (TPSA) is 18.5 Å². The Morgan fingerprint density at radius 3 is 2.71 bits per heavy atom. The lowest BCUT2D eigenvalue weighted by molar-refractivity contribution is 0.313. The highest BCUT2D eigenvalue weighted by molar-refractivity contribution is 5.92. The van der Waals surface area contributed by atoms with Crippen molar-refractivity contribution in [2.24, 2.45) is 0 Å². The van der Waals surface area contributed by atoms with Gasteiger partial charge in [-0.25, -0.2) is 0 Å². The fraction of sp³-hybridized carbons (Fsp3) is 0.200. The van der Waals surface area contributed by atoms with Crippen LogP contribution in [0.25, 0.3) is 16.8 Å². The van der Waals surface area contributed by atoms with Crippen LogP contribution >= 0.6 is 0 Å². The molecule has 0 atom stereocenters. The lowest BCUT2D eigenvalue weighted by Crippen LogP contribution is -1.95. The van der Waals surface area contributed by atoms with E-state index < -0.39 is 0 Å². The zero-order chi connectivity index (χ0) is 12.3. The normalized spacial score (nSPS) is 10.2. The third-order valence-corrected chi connectivity index (χ3v) is 2.70. The molecule has 0 fully saturated rings. The van der Waals surface area contributed by atoms with Crippen molar-refractivity contribution in [3.8, 4) is 11.5 Å². The van der Waals surface area contributed by atoms with Gasteiger partial charge in [-0.2, -0.15) is 0 Å². The molecule has 2 aromatic carbocycles. The van der Waals surface area contributed by atoms with Crippen LogP contribution in [-0.2, 0) is 0 Å². The maximum atomic E-state index is 5.55. The van der Waals surface area contributed by atoms with Gasteiger partial charge in [0.2, 0.25) is 0 Å². The molecule has 0 heterocycles. The molecule has 2 nitrogen and oxygen atoms in total. The summed E-state index contributed by atoms with van der Waals surface area (Å²) in [6.45, 7) is 6.37. The summed E-state index contributed by atoms with van der Waals surface area (Å²) in [5.41, 5.74) is 1.10. The Bertz CT molecular complexity index is 544. The monoisotopic (exact) mass is 228 g/mol. The molecule has 0 bridgehead atoms. The van der Waals surface area contributed by atoms with Gasteiger partial charge in [0.05, 0.1) is 13.7 Å². The Labute approximate surface area is 101 Å². The molecular weight excluding hydrogens is 212 g/mol. The number of hydrogen-bond donors (Lipinski definition) is 0. The molecule has 0 unspecified atom stereocenters. The van der Waals surface area contributed by atoms with Crippen LogP contribution in [0.2, 0.25) is 0 Å². The van der Waals surface area contributed by atoms with E-state index in [0.29, 0.717) is 6.61 Å². The zero-order valence-corrected chi connectivity index (χ0v) is 10.2. The van der Waals surface area contributed by atoms with E-state index in [4.69, 9.17) is 9.47 Å². The number of hydrogen-bond acceptors (Lipinski definition) is 2. The molecule has 0 amide bonds. The van der Waals surface area contributed by atoms with Crippen LogP contribution in [0.1, 0.15) is 12.5 Å². The van der Waals surface area contributed by atoms with E-state index in [1.165, 1.54) is 0 Å².